The van der Waals surface area contributed by atoms with Crippen LogP contribution in [0.15, 0.2) is 37.1 Å². The summed E-state index contributed by atoms with van der Waals surface area (Å²) in [4.78, 5) is 19.7. The number of amides is 1. The van der Waals surface area contributed by atoms with Gasteiger partial charge in [-0.05, 0) is 12.1 Å². The Hall–Kier alpha value is -2.17. The Morgan fingerprint density at radius 1 is 1.41 bits per heavy atom. The molecule has 88 valence electrons. The van der Waals surface area contributed by atoms with E-state index in [0.717, 1.165) is 12.1 Å². The number of hydrogen-bond acceptors (Lipinski definition) is 3. The lowest BCUT2D eigenvalue weighted by Gasteiger charge is -2.03. The van der Waals surface area contributed by atoms with Crippen molar-refractivity contribution < 1.29 is 4.79 Å². The van der Waals surface area contributed by atoms with E-state index in [4.69, 9.17) is 0 Å². The number of rotatable bonds is 4. The molecule has 2 aromatic rings. The van der Waals surface area contributed by atoms with Crippen molar-refractivity contribution in [2.24, 2.45) is 7.05 Å². The highest BCUT2D eigenvalue weighted by Gasteiger charge is 2.04. The Morgan fingerprint density at radius 3 is 2.82 bits per heavy atom. The minimum Gasteiger partial charge on any atom is -0.352 e. The summed E-state index contributed by atoms with van der Waals surface area (Å²) in [5.41, 5.74) is 1.60. The van der Waals surface area contributed by atoms with Crippen molar-refractivity contribution in [3.8, 4) is 0 Å². The number of pyridine rings is 1. The second-order valence-electron chi connectivity index (χ2n) is 3.77. The first-order valence-electron chi connectivity index (χ1n) is 5.41. The number of imidazole rings is 1. The monoisotopic (exact) mass is 230 g/mol. The molecule has 0 aromatic carbocycles. The standard InChI is InChI=1S/C12H14N4O/c1-16-8-11(15-9-16)4-7-14-12(17)10-2-5-13-6-3-10/h2-3,5-6,8-9H,4,7H2,1H3,(H,14,17). The first-order valence-corrected chi connectivity index (χ1v) is 5.41. The highest BCUT2D eigenvalue weighted by Crippen LogP contribution is 1.97. The normalized spacial score (nSPS) is 10.2. The van der Waals surface area contributed by atoms with E-state index in [9.17, 15) is 4.79 Å². The maximum atomic E-state index is 11.7. The van der Waals surface area contributed by atoms with Crippen LogP contribution in [0.2, 0.25) is 0 Å². The Bertz CT molecular complexity index is 492. The Kier molecular flexibility index (Phi) is 3.49. The second-order valence-corrected chi connectivity index (χ2v) is 3.77. The first-order chi connectivity index (χ1) is 8.25. The quantitative estimate of drug-likeness (QED) is 0.844. The number of aryl methyl sites for hydroxylation is 1. The number of aromatic nitrogens is 3. The van der Waals surface area contributed by atoms with Crippen LogP contribution in [-0.2, 0) is 13.5 Å². The second kappa shape index (κ2) is 5.25. The summed E-state index contributed by atoms with van der Waals surface area (Å²) >= 11 is 0. The van der Waals surface area contributed by atoms with Gasteiger partial charge in [-0.1, -0.05) is 0 Å². The van der Waals surface area contributed by atoms with E-state index in [1.54, 1.807) is 30.9 Å². The van der Waals surface area contributed by atoms with Gasteiger partial charge in [0.25, 0.3) is 5.91 Å². The lowest BCUT2D eigenvalue weighted by Crippen LogP contribution is -2.25. The van der Waals surface area contributed by atoms with Crippen molar-refractivity contribution in [3.05, 3.63) is 48.3 Å². The van der Waals surface area contributed by atoms with Gasteiger partial charge in [0, 0.05) is 44.2 Å². The molecule has 1 N–H and O–H groups in total. The smallest absolute Gasteiger partial charge is 0.251 e. The first kappa shape index (κ1) is 11.3. The lowest BCUT2D eigenvalue weighted by molar-refractivity contribution is 0.0954. The topological polar surface area (TPSA) is 59.8 Å². The Balaban J connectivity index is 1.81. The molecule has 0 bridgehead atoms. The summed E-state index contributed by atoms with van der Waals surface area (Å²) in [5, 5.41) is 2.84. The number of carbonyl (C=O) groups is 1. The minimum absolute atomic E-state index is 0.0802. The summed E-state index contributed by atoms with van der Waals surface area (Å²) in [7, 11) is 1.92. The van der Waals surface area contributed by atoms with E-state index in [0.29, 0.717) is 12.1 Å². The molecule has 2 heterocycles. The zero-order chi connectivity index (χ0) is 12.1. The number of nitrogens with zero attached hydrogens (tertiary/aromatic N) is 3. The van der Waals surface area contributed by atoms with Gasteiger partial charge >= 0.3 is 0 Å². The fourth-order valence-electron chi connectivity index (χ4n) is 1.51. The van der Waals surface area contributed by atoms with Crippen LogP contribution in [-0.4, -0.2) is 27.0 Å². The summed E-state index contributed by atoms with van der Waals surface area (Å²) in [6, 6.07) is 3.38. The van der Waals surface area contributed by atoms with Gasteiger partial charge in [-0.2, -0.15) is 0 Å². The van der Waals surface area contributed by atoms with Crippen LogP contribution in [0.25, 0.3) is 0 Å². The Labute approximate surface area is 99.5 Å². The van der Waals surface area contributed by atoms with Crippen LogP contribution in [0.4, 0.5) is 0 Å². The van der Waals surface area contributed by atoms with Crippen molar-refractivity contribution in [2.75, 3.05) is 6.54 Å². The van der Waals surface area contributed by atoms with E-state index < -0.39 is 0 Å². The molecule has 0 unspecified atom stereocenters. The summed E-state index contributed by atoms with van der Waals surface area (Å²) in [6.07, 6.45) is 7.64. The van der Waals surface area contributed by atoms with Crippen molar-refractivity contribution in [3.63, 3.8) is 0 Å². The average molecular weight is 230 g/mol. The third-order valence-corrected chi connectivity index (χ3v) is 2.37. The number of carbonyl (C=O) groups excluding carboxylic acids is 1. The maximum absolute atomic E-state index is 11.7. The fraction of sp³-hybridized carbons (Fsp3) is 0.250. The molecule has 1 amide bonds. The van der Waals surface area contributed by atoms with Crippen LogP contribution in [0, 0.1) is 0 Å². The molecule has 0 saturated carbocycles. The Morgan fingerprint density at radius 2 is 2.18 bits per heavy atom. The highest BCUT2D eigenvalue weighted by molar-refractivity contribution is 5.93. The van der Waals surface area contributed by atoms with Gasteiger partial charge in [-0.3, -0.25) is 9.78 Å². The molecule has 0 atom stereocenters. The number of hydrogen-bond donors (Lipinski definition) is 1. The van der Waals surface area contributed by atoms with E-state index in [-0.39, 0.29) is 5.91 Å². The SMILES string of the molecule is Cn1cnc(CCNC(=O)c2ccncc2)c1. The van der Waals surface area contributed by atoms with E-state index in [1.807, 2.05) is 17.8 Å². The molecule has 0 radical (unpaired) electrons. The van der Waals surface area contributed by atoms with Crippen LogP contribution in [0.5, 0.6) is 0 Å². The predicted octanol–water partition coefficient (Wildman–Crippen LogP) is 0.788. The largest absolute Gasteiger partial charge is 0.352 e. The van der Waals surface area contributed by atoms with Gasteiger partial charge in [0.05, 0.1) is 12.0 Å². The molecule has 0 fully saturated rings. The van der Waals surface area contributed by atoms with Gasteiger partial charge in [-0.15, -0.1) is 0 Å². The van der Waals surface area contributed by atoms with Crippen molar-refractivity contribution >= 4 is 5.91 Å². The molecule has 0 spiro atoms. The van der Waals surface area contributed by atoms with Crippen LogP contribution >= 0.6 is 0 Å². The zero-order valence-electron chi connectivity index (χ0n) is 9.63. The lowest BCUT2D eigenvalue weighted by atomic mass is 10.2. The van der Waals surface area contributed by atoms with Crippen LogP contribution in [0.1, 0.15) is 16.1 Å². The molecule has 5 heteroatoms. The summed E-state index contributed by atoms with van der Waals surface area (Å²) in [5.74, 6) is -0.0802. The molecule has 0 aliphatic heterocycles. The molecule has 2 aromatic heterocycles. The van der Waals surface area contributed by atoms with Gasteiger partial charge in [-0.25, -0.2) is 4.98 Å². The van der Waals surface area contributed by atoms with Gasteiger partial charge < -0.3 is 9.88 Å². The molecule has 0 aliphatic rings. The third kappa shape index (κ3) is 3.14. The van der Waals surface area contributed by atoms with Gasteiger partial charge in [0.1, 0.15) is 0 Å². The van der Waals surface area contributed by atoms with Crippen molar-refractivity contribution in [2.45, 2.75) is 6.42 Å². The van der Waals surface area contributed by atoms with E-state index >= 15 is 0 Å². The molecule has 5 nitrogen and oxygen atoms in total. The minimum atomic E-state index is -0.0802. The highest BCUT2D eigenvalue weighted by atomic mass is 16.1. The van der Waals surface area contributed by atoms with Crippen molar-refractivity contribution in [1.82, 2.24) is 19.9 Å². The molecule has 17 heavy (non-hydrogen) atoms. The zero-order valence-corrected chi connectivity index (χ0v) is 9.63. The summed E-state index contributed by atoms with van der Waals surface area (Å²) < 4.78 is 1.89. The van der Waals surface area contributed by atoms with E-state index in [1.165, 1.54) is 0 Å². The molecule has 0 saturated heterocycles. The molecular weight excluding hydrogens is 216 g/mol. The third-order valence-electron chi connectivity index (χ3n) is 2.37. The van der Waals surface area contributed by atoms with Crippen molar-refractivity contribution in [1.29, 1.82) is 0 Å². The van der Waals surface area contributed by atoms with Crippen LogP contribution in [0.3, 0.4) is 0 Å². The summed E-state index contributed by atoms with van der Waals surface area (Å²) in [6.45, 7) is 0.582. The average Bonchev–Trinajstić information content (AvgIpc) is 2.76. The fourth-order valence-corrected chi connectivity index (χ4v) is 1.51. The predicted molar refractivity (Wildman–Crippen MR) is 63.5 cm³/mol. The van der Waals surface area contributed by atoms with E-state index in [2.05, 4.69) is 15.3 Å². The molecular formula is C12H14N4O. The van der Waals surface area contributed by atoms with Gasteiger partial charge in [0.15, 0.2) is 0 Å². The maximum Gasteiger partial charge on any atom is 0.251 e. The van der Waals surface area contributed by atoms with Crippen LogP contribution < -0.4 is 5.32 Å². The van der Waals surface area contributed by atoms with Gasteiger partial charge in [0.2, 0.25) is 0 Å². The molecule has 2 rings (SSSR count). The number of nitrogens with one attached hydrogen (secondary N) is 1. The molecule has 0 aliphatic carbocycles.